The van der Waals surface area contributed by atoms with Gasteiger partial charge in [0.2, 0.25) is 0 Å². The van der Waals surface area contributed by atoms with Crippen molar-refractivity contribution in [3.8, 4) is 45.1 Å². The third-order valence-corrected chi connectivity index (χ3v) is 6.16. The van der Waals surface area contributed by atoms with Crippen molar-refractivity contribution in [3.05, 3.63) is 78.4 Å². The van der Waals surface area contributed by atoms with Crippen LogP contribution in [0.15, 0.2) is 72.8 Å². The zero-order valence-corrected chi connectivity index (χ0v) is 20.2. The fourth-order valence-corrected chi connectivity index (χ4v) is 4.55. The molecule has 0 unspecified atom stereocenters. The highest BCUT2D eigenvalue weighted by molar-refractivity contribution is 7.00. The Balaban J connectivity index is 1.74. The third kappa shape index (κ3) is 4.24. The van der Waals surface area contributed by atoms with E-state index < -0.39 is 0 Å². The maximum absolute atomic E-state index is 5.65. The Morgan fingerprint density at radius 2 is 1.12 bits per heavy atom. The van der Waals surface area contributed by atoms with Crippen LogP contribution in [0.4, 0.5) is 0 Å². The summed E-state index contributed by atoms with van der Waals surface area (Å²) in [4.78, 5) is 5.19. The number of nitrogens with zero attached hydrogens (tertiary/aromatic N) is 3. The van der Waals surface area contributed by atoms with Gasteiger partial charge < -0.3 is 9.47 Å². The second kappa shape index (κ2) is 9.61. The summed E-state index contributed by atoms with van der Waals surface area (Å²) in [5.74, 6) is 1.68. The number of fused-ring (bicyclic) bond motifs is 1. The second-order valence-corrected chi connectivity index (χ2v) is 8.45. The van der Waals surface area contributed by atoms with Crippen molar-refractivity contribution in [2.45, 2.75) is 20.8 Å². The lowest BCUT2D eigenvalue weighted by atomic mass is 9.95. The summed E-state index contributed by atoms with van der Waals surface area (Å²) in [6, 6.07) is 24.6. The maximum atomic E-state index is 5.65. The summed E-state index contributed by atoms with van der Waals surface area (Å²) in [7, 11) is 0. The lowest BCUT2D eigenvalue weighted by Gasteiger charge is -2.14. The summed E-state index contributed by atoms with van der Waals surface area (Å²) in [6.07, 6.45) is 0. The minimum atomic E-state index is 0.631. The van der Waals surface area contributed by atoms with Crippen LogP contribution in [-0.2, 0) is 0 Å². The number of aromatic nitrogens is 3. The molecule has 2 aromatic heterocycles. The Hall–Kier alpha value is -3.77. The van der Waals surface area contributed by atoms with Crippen molar-refractivity contribution in [2.24, 2.45) is 0 Å². The van der Waals surface area contributed by atoms with E-state index in [0.717, 1.165) is 56.2 Å². The first-order valence-electron chi connectivity index (χ1n) is 11.4. The number of pyridine rings is 1. The first-order chi connectivity index (χ1) is 16.7. The molecule has 170 valence electrons. The van der Waals surface area contributed by atoms with Crippen LogP contribution in [0.3, 0.4) is 0 Å². The Labute approximate surface area is 203 Å². The topological polar surface area (TPSA) is 57.1 Å². The van der Waals surface area contributed by atoms with Crippen LogP contribution in [0.2, 0.25) is 0 Å². The van der Waals surface area contributed by atoms with Gasteiger partial charge in [-0.25, -0.2) is 4.98 Å². The fourth-order valence-electron chi connectivity index (χ4n) is 4.00. The van der Waals surface area contributed by atoms with Gasteiger partial charge in [0.1, 0.15) is 28.2 Å². The van der Waals surface area contributed by atoms with Crippen LogP contribution < -0.4 is 9.47 Å². The molecular formula is C28H25N3O2S. The Bertz CT molecular complexity index is 1410. The van der Waals surface area contributed by atoms with Gasteiger partial charge in [-0.2, -0.15) is 8.75 Å². The largest absolute Gasteiger partial charge is 0.494 e. The van der Waals surface area contributed by atoms with Crippen LogP contribution in [-0.4, -0.2) is 26.9 Å². The molecule has 0 atom stereocenters. The van der Waals surface area contributed by atoms with Gasteiger partial charge in [0.15, 0.2) is 0 Å². The van der Waals surface area contributed by atoms with E-state index in [1.165, 1.54) is 17.3 Å². The van der Waals surface area contributed by atoms with E-state index in [2.05, 4.69) is 47.7 Å². The molecule has 0 fully saturated rings. The van der Waals surface area contributed by atoms with Crippen LogP contribution in [0.25, 0.3) is 44.7 Å². The van der Waals surface area contributed by atoms with Crippen LogP contribution in [0, 0.1) is 6.92 Å². The number of rotatable bonds is 7. The normalized spacial score (nSPS) is 11.0. The molecule has 5 nitrogen and oxygen atoms in total. The van der Waals surface area contributed by atoms with Gasteiger partial charge in [0.25, 0.3) is 0 Å². The zero-order chi connectivity index (χ0) is 23.5. The maximum Gasteiger partial charge on any atom is 0.131 e. The zero-order valence-electron chi connectivity index (χ0n) is 19.4. The minimum Gasteiger partial charge on any atom is -0.494 e. The molecule has 34 heavy (non-hydrogen) atoms. The molecule has 0 radical (unpaired) electrons. The van der Waals surface area contributed by atoms with E-state index in [9.17, 15) is 0 Å². The molecule has 3 aromatic carbocycles. The molecular weight excluding hydrogens is 442 g/mol. The Kier molecular flexibility index (Phi) is 6.23. The monoisotopic (exact) mass is 467 g/mol. The van der Waals surface area contributed by atoms with E-state index in [1.807, 2.05) is 50.2 Å². The van der Waals surface area contributed by atoms with Crippen molar-refractivity contribution in [3.63, 3.8) is 0 Å². The highest BCUT2D eigenvalue weighted by Gasteiger charge is 2.21. The average molecular weight is 468 g/mol. The first kappa shape index (κ1) is 22.0. The molecule has 0 aliphatic carbocycles. The van der Waals surface area contributed by atoms with Crippen molar-refractivity contribution < 1.29 is 9.47 Å². The molecule has 0 bridgehead atoms. The number of hydrogen-bond donors (Lipinski definition) is 0. The molecule has 0 aliphatic rings. The molecule has 5 rings (SSSR count). The predicted octanol–water partition coefficient (Wildman–Crippen LogP) is 7.19. The summed E-state index contributed by atoms with van der Waals surface area (Å²) < 4.78 is 20.6. The number of hydrogen-bond acceptors (Lipinski definition) is 6. The average Bonchev–Trinajstić information content (AvgIpc) is 3.35. The Morgan fingerprint density at radius 1 is 0.618 bits per heavy atom. The van der Waals surface area contributed by atoms with Gasteiger partial charge in [-0.05, 0) is 62.7 Å². The molecule has 0 N–H and O–H groups in total. The van der Waals surface area contributed by atoms with Crippen molar-refractivity contribution in [1.82, 2.24) is 13.7 Å². The summed E-state index contributed by atoms with van der Waals surface area (Å²) in [5, 5.41) is 0. The van der Waals surface area contributed by atoms with Gasteiger partial charge >= 0.3 is 0 Å². The van der Waals surface area contributed by atoms with Crippen molar-refractivity contribution in [2.75, 3.05) is 13.2 Å². The highest BCUT2D eigenvalue weighted by Crippen LogP contribution is 2.40. The highest BCUT2D eigenvalue weighted by atomic mass is 32.1. The summed E-state index contributed by atoms with van der Waals surface area (Å²) >= 11 is 1.21. The van der Waals surface area contributed by atoms with Gasteiger partial charge in [0, 0.05) is 16.7 Å². The van der Waals surface area contributed by atoms with Crippen LogP contribution in [0.1, 0.15) is 19.4 Å². The number of ether oxygens (including phenoxy) is 2. The molecule has 0 aliphatic heterocycles. The lowest BCUT2D eigenvalue weighted by Crippen LogP contribution is -1.97. The molecule has 0 saturated heterocycles. The molecule has 0 spiro atoms. The van der Waals surface area contributed by atoms with Gasteiger partial charge in [-0.15, -0.1) is 0 Å². The third-order valence-electron chi connectivity index (χ3n) is 5.63. The smallest absolute Gasteiger partial charge is 0.131 e. The Morgan fingerprint density at radius 3 is 1.71 bits per heavy atom. The van der Waals surface area contributed by atoms with Crippen molar-refractivity contribution in [1.29, 1.82) is 0 Å². The molecule has 6 heteroatoms. The van der Waals surface area contributed by atoms with Gasteiger partial charge in [-0.1, -0.05) is 42.0 Å². The van der Waals surface area contributed by atoms with Crippen LogP contribution in [0.5, 0.6) is 11.5 Å². The first-order valence-corrected chi connectivity index (χ1v) is 12.1. The standard InChI is InChI=1S/C28H25N3O2S/c1-4-32-22-14-10-19(11-15-22)24-25(20-8-6-18(3)7-9-20)29-26(28-27(24)30-34-31-28)21-12-16-23(17-13-21)33-5-2/h6-17H,4-5H2,1-3H3. The van der Waals surface area contributed by atoms with E-state index in [-0.39, 0.29) is 0 Å². The molecule has 0 saturated carbocycles. The number of benzene rings is 3. The quantitative estimate of drug-likeness (QED) is 0.253. The predicted molar refractivity (Wildman–Crippen MR) is 139 cm³/mol. The van der Waals surface area contributed by atoms with E-state index in [0.29, 0.717) is 13.2 Å². The molecule has 2 heterocycles. The van der Waals surface area contributed by atoms with E-state index in [4.69, 9.17) is 18.8 Å². The minimum absolute atomic E-state index is 0.631. The van der Waals surface area contributed by atoms with Crippen LogP contribution >= 0.6 is 11.7 Å². The molecule has 0 amide bonds. The fraction of sp³-hybridized carbons (Fsp3) is 0.179. The van der Waals surface area contributed by atoms with Crippen molar-refractivity contribution >= 4 is 22.8 Å². The van der Waals surface area contributed by atoms with E-state index in [1.54, 1.807) is 0 Å². The second-order valence-electron chi connectivity index (χ2n) is 7.93. The SMILES string of the molecule is CCOc1ccc(-c2nc(-c3ccc(C)cc3)c(-c3ccc(OCC)cc3)c3nsnc23)cc1. The number of aryl methyl sites for hydroxylation is 1. The summed E-state index contributed by atoms with van der Waals surface area (Å²) in [6.45, 7) is 7.31. The van der Waals surface area contributed by atoms with Gasteiger partial charge in [-0.3, -0.25) is 0 Å². The lowest BCUT2D eigenvalue weighted by molar-refractivity contribution is 0.340. The summed E-state index contributed by atoms with van der Waals surface area (Å²) in [5.41, 5.74) is 8.58. The van der Waals surface area contributed by atoms with E-state index >= 15 is 0 Å². The molecule has 5 aromatic rings. The van der Waals surface area contributed by atoms with Gasteiger partial charge in [0.05, 0.1) is 30.6 Å².